The van der Waals surface area contributed by atoms with Crippen molar-refractivity contribution in [3.05, 3.63) is 22.7 Å². The molecule has 0 spiro atoms. The fourth-order valence-electron chi connectivity index (χ4n) is 1.47. The number of hydrogen-bond acceptors (Lipinski definition) is 5. The third kappa shape index (κ3) is 4.93. The van der Waals surface area contributed by atoms with Gasteiger partial charge in [-0.05, 0) is 37.4 Å². The summed E-state index contributed by atoms with van der Waals surface area (Å²) >= 11 is 5.69. The van der Waals surface area contributed by atoms with Crippen LogP contribution in [0.25, 0.3) is 0 Å². The first-order valence-corrected chi connectivity index (χ1v) is 6.95. The van der Waals surface area contributed by atoms with Gasteiger partial charge in [0.1, 0.15) is 10.7 Å². The molecule has 0 saturated carbocycles. The van der Waals surface area contributed by atoms with Gasteiger partial charge in [-0.25, -0.2) is 0 Å². The Morgan fingerprint density at radius 1 is 1.45 bits per heavy atom. The summed E-state index contributed by atoms with van der Waals surface area (Å²) in [7, 11) is -4.52. The molecular formula is C11H11ClLiNO5S. The zero-order valence-electron chi connectivity index (χ0n) is 11.2. The van der Waals surface area contributed by atoms with Gasteiger partial charge in [-0.3, -0.25) is 14.3 Å². The van der Waals surface area contributed by atoms with Crippen LogP contribution in [0.3, 0.4) is 0 Å². The van der Waals surface area contributed by atoms with Crippen molar-refractivity contribution < 1.29 is 41.7 Å². The average Bonchev–Trinajstić information content (AvgIpc) is 2.19. The molecule has 0 aliphatic rings. The Kier molecular flexibility index (Phi) is 6.94. The second kappa shape index (κ2) is 7.25. The first-order valence-electron chi connectivity index (χ1n) is 5.13. The summed E-state index contributed by atoms with van der Waals surface area (Å²) in [5.74, 6) is -1.05. The van der Waals surface area contributed by atoms with E-state index in [4.69, 9.17) is 16.2 Å². The van der Waals surface area contributed by atoms with Crippen LogP contribution >= 0.6 is 11.6 Å². The van der Waals surface area contributed by atoms with E-state index in [0.29, 0.717) is 0 Å². The molecular weight excluding hydrogens is 301 g/mol. The van der Waals surface area contributed by atoms with Crippen molar-refractivity contribution in [2.45, 2.75) is 25.2 Å². The second-order valence-electron chi connectivity index (χ2n) is 3.88. The van der Waals surface area contributed by atoms with Crippen molar-refractivity contribution in [3.8, 4) is 0 Å². The summed E-state index contributed by atoms with van der Waals surface area (Å²) in [6.45, 7) is 2.60. The Morgan fingerprint density at radius 3 is 2.45 bits per heavy atom. The van der Waals surface area contributed by atoms with Gasteiger partial charge in [-0.2, -0.15) is 8.42 Å². The van der Waals surface area contributed by atoms with E-state index < -0.39 is 20.9 Å². The molecule has 20 heavy (non-hydrogen) atoms. The van der Waals surface area contributed by atoms with Crippen molar-refractivity contribution in [2.75, 3.05) is 0 Å². The SMILES string of the molecule is CC(=O)CC([O-])=Nc1ccc(Cl)c(S(=O)(=O)O)c1C.[Li+]. The van der Waals surface area contributed by atoms with Crippen molar-refractivity contribution in [3.63, 3.8) is 0 Å². The molecule has 0 unspecified atom stereocenters. The largest absolute Gasteiger partial charge is 1.00 e. The molecule has 0 atom stereocenters. The fraction of sp³-hybridized carbons (Fsp3) is 0.273. The Morgan fingerprint density at radius 2 is 2.00 bits per heavy atom. The Bertz CT molecular complexity index is 657. The van der Waals surface area contributed by atoms with Crippen LogP contribution in [0.5, 0.6) is 0 Å². The standard InChI is InChI=1S/C11H12ClNO5S.Li/c1-6(14)5-10(15)13-9-4-3-8(12)11(7(9)2)19(16,17)18;/h3-4H,5H2,1-2H3,(H,13,15)(H,16,17,18);/q;+1/p-1. The Balaban J connectivity index is 0.00000361. The molecule has 1 N–H and O–H groups in total. The van der Waals surface area contributed by atoms with Gasteiger partial charge in [0.15, 0.2) is 0 Å². The molecule has 6 nitrogen and oxygen atoms in total. The number of hydrogen-bond donors (Lipinski definition) is 1. The normalized spacial score (nSPS) is 11.9. The van der Waals surface area contributed by atoms with E-state index in [1.54, 1.807) is 0 Å². The van der Waals surface area contributed by atoms with E-state index in [1.807, 2.05) is 0 Å². The number of ketones is 1. The summed E-state index contributed by atoms with van der Waals surface area (Å²) in [5.41, 5.74) is 0.0928. The number of aliphatic imine (C=N–C) groups is 1. The maximum absolute atomic E-state index is 11.4. The van der Waals surface area contributed by atoms with E-state index in [2.05, 4.69) is 4.99 Å². The van der Waals surface area contributed by atoms with Crippen LogP contribution in [0.15, 0.2) is 22.0 Å². The topological polar surface area (TPSA) is 107 Å². The van der Waals surface area contributed by atoms with E-state index >= 15 is 0 Å². The first-order chi connectivity index (χ1) is 8.62. The smallest absolute Gasteiger partial charge is 0.861 e. The van der Waals surface area contributed by atoms with Gasteiger partial charge in [0.25, 0.3) is 10.1 Å². The Hall–Kier alpha value is -0.843. The molecule has 0 aliphatic carbocycles. The van der Waals surface area contributed by atoms with Crippen LogP contribution in [0.4, 0.5) is 5.69 Å². The second-order valence-corrected chi connectivity index (χ2v) is 5.65. The van der Waals surface area contributed by atoms with E-state index in [9.17, 15) is 18.3 Å². The number of carbonyl (C=O) groups is 1. The molecule has 0 amide bonds. The maximum Gasteiger partial charge on any atom is 1.00 e. The minimum Gasteiger partial charge on any atom is -0.861 e. The van der Waals surface area contributed by atoms with Crippen LogP contribution in [-0.4, -0.2) is 24.7 Å². The molecule has 1 rings (SSSR count). The summed E-state index contributed by atoms with van der Waals surface area (Å²) in [5, 5.41) is 11.2. The third-order valence-electron chi connectivity index (χ3n) is 2.23. The van der Waals surface area contributed by atoms with E-state index in [-0.39, 0.29) is 47.3 Å². The van der Waals surface area contributed by atoms with Crippen LogP contribution in [0.2, 0.25) is 5.02 Å². The van der Waals surface area contributed by atoms with Crippen molar-refractivity contribution in [2.24, 2.45) is 4.99 Å². The molecule has 9 heteroatoms. The number of benzene rings is 1. The van der Waals surface area contributed by atoms with Crippen LogP contribution in [-0.2, 0) is 14.9 Å². The summed E-state index contributed by atoms with van der Waals surface area (Å²) in [6.07, 6.45) is -0.372. The third-order valence-corrected chi connectivity index (χ3v) is 3.70. The quantitative estimate of drug-likeness (QED) is 0.308. The van der Waals surface area contributed by atoms with Gasteiger partial charge < -0.3 is 5.11 Å². The van der Waals surface area contributed by atoms with Gasteiger partial charge in [0.05, 0.1) is 10.7 Å². The number of carbonyl (C=O) groups excluding carboxylic acids is 1. The molecule has 0 saturated heterocycles. The summed E-state index contributed by atoms with van der Waals surface area (Å²) in [6, 6.07) is 2.54. The minimum atomic E-state index is -4.52. The molecule has 1 aromatic carbocycles. The number of halogens is 1. The van der Waals surface area contributed by atoms with Gasteiger partial charge in [0, 0.05) is 6.42 Å². The van der Waals surface area contributed by atoms with Gasteiger partial charge in [-0.15, -0.1) is 0 Å². The zero-order chi connectivity index (χ0) is 14.8. The first kappa shape index (κ1) is 19.2. The van der Waals surface area contributed by atoms with Crippen molar-refractivity contribution >= 4 is 39.1 Å². The predicted octanol–water partition coefficient (Wildman–Crippen LogP) is -1.73. The summed E-state index contributed by atoms with van der Waals surface area (Å²) < 4.78 is 31.4. The van der Waals surface area contributed by atoms with Crippen LogP contribution < -0.4 is 24.0 Å². The maximum atomic E-state index is 11.4. The molecule has 0 radical (unpaired) electrons. The van der Waals surface area contributed by atoms with Gasteiger partial charge in [-0.1, -0.05) is 11.6 Å². The molecule has 0 bridgehead atoms. The molecule has 0 aromatic heterocycles. The molecule has 0 aliphatic heterocycles. The molecule has 1 aromatic rings. The molecule has 0 heterocycles. The van der Waals surface area contributed by atoms with Crippen molar-refractivity contribution in [1.29, 1.82) is 0 Å². The minimum absolute atomic E-state index is 0. The molecule has 0 fully saturated rings. The fourth-order valence-corrected chi connectivity index (χ4v) is 2.78. The monoisotopic (exact) mass is 311 g/mol. The molecule has 104 valence electrons. The van der Waals surface area contributed by atoms with E-state index in [0.717, 1.165) is 0 Å². The summed E-state index contributed by atoms with van der Waals surface area (Å²) in [4.78, 5) is 13.9. The zero-order valence-corrected chi connectivity index (χ0v) is 12.7. The van der Waals surface area contributed by atoms with Gasteiger partial charge in [0.2, 0.25) is 0 Å². The van der Waals surface area contributed by atoms with Crippen LogP contribution in [0, 0.1) is 6.92 Å². The number of Topliss-reactive ketones (excluding diaryl/α,β-unsaturated/α-hetero) is 1. The number of rotatable bonds is 4. The van der Waals surface area contributed by atoms with Crippen molar-refractivity contribution in [1.82, 2.24) is 0 Å². The predicted molar refractivity (Wildman–Crippen MR) is 68.4 cm³/mol. The Labute approximate surface area is 133 Å². The van der Waals surface area contributed by atoms with Crippen LogP contribution in [0.1, 0.15) is 18.9 Å². The van der Waals surface area contributed by atoms with Gasteiger partial charge >= 0.3 is 18.9 Å². The average molecular weight is 312 g/mol. The number of nitrogens with zero attached hydrogens (tertiary/aromatic N) is 1. The van der Waals surface area contributed by atoms with E-state index in [1.165, 1.54) is 26.0 Å².